The maximum atomic E-state index is 12.2. The lowest BCUT2D eigenvalue weighted by Crippen LogP contribution is -2.52. The number of likely N-dealkylation sites (N-methyl/N-ethyl adjacent to an activating group) is 1. The number of nitrogens with zero attached hydrogens (tertiary/aromatic N) is 1. The van der Waals surface area contributed by atoms with Crippen LogP contribution in [0, 0.1) is 5.92 Å². The molecule has 1 saturated heterocycles. The Bertz CT molecular complexity index is 324. The third-order valence-electron chi connectivity index (χ3n) is 5.43. The summed E-state index contributed by atoms with van der Waals surface area (Å²) in [5, 5.41) is 6.68. The number of hydrogen-bond acceptors (Lipinski definition) is 3. The fraction of sp³-hybridized carbons (Fsp3) is 0.938. The topological polar surface area (TPSA) is 44.4 Å². The van der Waals surface area contributed by atoms with Crippen LogP contribution in [0.3, 0.4) is 0 Å². The van der Waals surface area contributed by atoms with E-state index in [-0.39, 0.29) is 11.4 Å². The minimum absolute atomic E-state index is 0.196. The molecule has 0 spiro atoms. The second kappa shape index (κ2) is 6.90. The molecule has 20 heavy (non-hydrogen) atoms. The van der Waals surface area contributed by atoms with Gasteiger partial charge in [-0.3, -0.25) is 4.79 Å². The van der Waals surface area contributed by atoms with Gasteiger partial charge in [0.2, 0.25) is 5.91 Å². The molecule has 0 aromatic carbocycles. The zero-order chi connectivity index (χ0) is 14.6. The SMILES string of the molecule is CC1CCCNC1CC(=O)NCC1(N(C)C)CCCC1. The molecule has 2 rings (SSSR count). The molecular formula is C16H31N3O. The van der Waals surface area contributed by atoms with Crippen LogP contribution >= 0.6 is 0 Å². The molecule has 0 bridgehead atoms. The number of amides is 1. The zero-order valence-electron chi connectivity index (χ0n) is 13.4. The molecule has 2 aliphatic rings. The van der Waals surface area contributed by atoms with Crippen molar-refractivity contribution in [3.63, 3.8) is 0 Å². The third kappa shape index (κ3) is 3.73. The van der Waals surface area contributed by atoms with Gasteiger partial charge >= 0.3 is 0 Å². The van der Waals surface area contributed by atoms with Crippen LogP contribution in [0.4, 0.5) is 0 Å². The molecule has 1 amide bonds. The van der Waals surface area contributed by atoms with Crippen molar-refractivity contribution < 1.29 is 4.79 Å². The van der Waals surface area contributed by atoms with Crippen LogP contribution in [0.15, 0.2) is 0 Å². The van der Waals surface area contributed by atoms with E-state index in [4.69, 9.17) is 0 Å². The van der Waals surface area contributed by atoms with Crippen LogP contribution in [-0.4, -0.2) is 49.6 Å². The molecule has 0 aromatic heterocycles. The first-order chi connectivity index (χ1) is 9.53. The van der Waals surface area contributed by atoms with E-state index in [0.717, 1.165) is 13.1 Å². The number of nitrogens with one attached hydrogen (secondary N) is 2. The number of rotatable bonds is 5. The molecule has 1 aliphatic heterocycles. The molecular weight excluding hydrogens is 250 g/mol. The van der Waals surface area contributed by atoms with Gasteiger partial charge in [-0.1, -0.05) is 19.8 Å². The molecule has 2 N–H and O–H groups in total. The van der Waals surface area contributed by atoms with Crippen molar-refractivity contribution in [3.05, 3.63) is 0 Å². The lowest BCUT2D eigenvalue weighted by Gasteiger charge is -2.37. The maximum Gasteiger partial charge on any atom is 0.221 e. The number of hydrogen-bond donors (Lipinski definition) is 2. The molecule has 1 saturated carbocycles. The van der Waals surface area contributed by atoms with Crippen LogP contribution in [0.25, 0.3) is 0 Å². The lowest BCUT2D eigenvalue weighted by atomic mass is 9.90. The van der Waals surface area contributed by atoms with Crippen LogP contribution in [0.2, 0.25) is 0 Å². The summed E-state index contributed by atoms with van der Waals surface area (Å²) in [7, 11) is 4.28. The Morgan fingerprint density at radius 1 is 1.30 bits per heavy atom. The summed E-state index contributed by atoms with van der Waals surface area (Å²) in [4.78, 5) is 14.5. The van der Waals surface area contributed by atoms with E-state index in [1.807, 2.05) is 0 Å². The first kappa shape index (κ1) is 15.8. The molecule has 4 nitrogen and oxygen atoms in total. The van der Waals surface area contributed by atoms with Crippen molar-refractivity contribution in [2.45, 2.75) is 63.5 Å². The first-order valence-electron chi connectivity index (χ1n) is 8.21. The van der Waals surface area contributed by atoms with E-state index in [1.165, 1.54) is 38.5 Å². The smallest absolute Gasteiger partial charge is 0.221 e. The van der Waals surface area contributed by atoms with E-state index < -0.39 is 0 Å². The highest BCUT2D eigenvalue weighted by molar-refractivity contribution is 5.76. The van der Waals surface area contributed by atoms with E-state index >= 15 is 0 Å². The number of piperidine rings is 1. The Morgan fingerprint density at radius 3 is 2.60 bits per heavy atom. The molecule has 2 atom stereocenters. The molecule has 2 unspecified atom stereocenters. The summed E-state index contributed by atoms with van der Waals surface area (Å²) in [6.07, 6.45) is 8.10. The molecule has 1 aliphatic carbocycles. The zero-order valence-corrected chi connectivity index (χ0v) is 13.4. The van der Waals surface area contributed by atoms with Gasteiger partial charge in [0.1, 0.15) is 0 Å². The van der Waals surface area contributed by atoms with Crippen LogP contribution in [0.5, 0.6) is 0 Å². The van der Waals surface area contributed by atoms with Gasteiger partial charge in [-0.05, 0) is 52.2 Å². The standard InChI is InChI=1S/C16H31N3O/c1-13-7-6-10-17-14(13)11-15(20)18-12-16(19(2)3)8-4-5-9-16/h13-14,17H,4-12H2,1-3H3,(H,18,20). The van der Waals surface area contributed by atoms with Crippen LogP contribution < -0.4 is 10.6 Å². The largest absolute Gasteiger partial charge is 0.354 e. The molecule has 116 valence electrons. The van der Waals surface area contributed by atoms with Gasteiger partial charge in [0.05, 0.1) is 0 Å². The van der Waals surface area contributed by atoms with Gasteiger partial charge in [0.15, 0.2) is 0 Å². The Kier molecular flexibility index (Phi) is 5.44. The van der Waals surface area contributed by atoms with Crippen molar-refractivity contribution >= 4 is 5.91 Å². The van der Waals surface area contributed by atoms with Gasteiger partial charge in [0.25, 0.3) is 0 Å². The van der Waals surface area contributed by atoms with E-state index in [0.29, 0.717) is 18.4 Å². The quantitative estimate of drug-likeness (QED) is 0.807. The van der Waals surface area contributed by atoms with Crippen LogP contribution in [0.1, 0.15) is 51.9 Å². The second-order valence-corrected chi connectivity index (χ2v) is 6.99. The summed E-state index contributed by atoms with van der Waals surface area (Å²) in [6.45, 7) is 4.12. The van der Waals surface area contributed by atoms with Gasteiger partial charge in [0, 0.05) is 24.5 Å². The Hall–Kier alpha value is -0.610. The summed E-state index contributed by atoms with van der Waals surface area (Å²) in [5.41, 5.74) is 0.196. The molecule has 0 radical (unpaired) electrons. The second-order valence-electron chi connectivity index (χ2n) is 6.99. The van der Waals surface area contributed by atoms with Gasteiger partial charge in [-0.2, -0.15) is 0 Å². The third-order valence-corrected chi connectivity index (χ3v) is 5.43. The van der Waals surface area contributed by atoms with Crippen LogP contribution in [-0.2, 0) is 4.79 Å². The monoisotopic (exact) mass is 281 g/mol. The van der Waals surface area contributed by atoms with Crippen molar-refractivity contribution in [2.75, 3.05) is 27.2 Å². The highest BCUT2D eigenvalue weighted by Gasteiger charge is 2.36. The Labute approximate surface area is 123 Å². The minimum Gasteiger partial charge on any atom is -0.354 e. The van der Waals surface area contributed by atoms with Gasteiger partial charge in [-0.15, -0.1) is 0 Å². The summed E-state index contributed by atoms with van der Waals surface area (Å²) < 4.78 is 0. The number of carbonyl (C=O) groups excluding carboxylic acids is 1. The lowest BCUT2D eigenvalue weighted by molar-refractivity contribution is -0.122. The summed E-state index contributed by atoms with van der Waals surface area (Å²) in [5.74, 6) is 0.827. The highest BCUT2D eigenvalue weighted by atomic mass is 16.1. The molecule has 0 aromatic rings. The van der Waals surface area contributed by atoms with Crippen molar-refractivity contribution in [2.24, 2.45) is 5.92 Å². The van der Waals surface area contributed by atoms with E-state index in [9.17, 15) is 4.79 Å². The summed E-state index contributed by atoms with van der Waals surface area (Å²) >= 11 is 0. The van der Waals surface area contributed by atoms with E-state index in [2.05, 4.69) is 36.6 Å². The van der Waals surface area contributed by atoms with Crippen molar-refractivity contribution in [1.29, 1.82) is 0 Å². The molecule has 2 fully saturated rings. The minimum atomic E-state index is 0.196. The summed E-state index contributed by atoms with van der Waals surface area (Å²) in [6, 6.07) is 0.364. The normalized spacial score (nSPS) is 29.6. The van der Waals surface area contributed by atoms with Gasteiger partial charge in [-0.25, -0.2) is 0 Å². The average Bonchev–Trinajstić information content (AvgIpc) is 2.89. The fourth-order valence-corrected chi connectivity index (χ4v) is 3.74. The maximum absolute atomic E-state index is 12.2. The highest BCUT2D eigenvalue weighted by Crippen LogP contribution is 2.33. The Morgan fingerprint density at radius 2 is 2.00 bits per heavy atom. The first-order valence-corrected chi connectivity index (χ1v) is 8.21. The predicted molar refractivity (Wildman–Crippen MR) is 82.7 cm³/mol. The Balaban J connectivity index is 1.79. The number of carbonyl (C=O) groups is 1. The molecule has 4 heteroatoms. The van der Waals surface area contributed by atoms with Crippen molar-refractivity contribution in [3.8, 4) is 0 Å². The van der Waals surface area contributed by atoms with Crippen molar-refractivity contribution in [1.82, 2.24) is 15.5 Å². The predicted octanol–water partition coefficient (Wildman–Crippen LogP) is 1.76. The van der Waals surface area contributed by atoms with Gasteiger partial charge < -0.3 is 15.5 Å². The van der Waals surface area contributed by atoms with E-state index in [1.54, 1.807) is 0 Å². The average molecular weight is 281 g/mol. The molecule has 1 heterocycles. The fourth-order valence-electron chi connectivity index (χ4n) is 3.74.